The Bertz CT molecular complexity index is 898. The van der Waals surface area contributed by atoms with E-state index in [-0.39, 0.29) is 0 Å². The van der Waals surface area contributed by atoms with Gasteiger partial charge < -0.3 is 10.1 Å². The first kappa shape index (κ1) is 20.3. The van der Waals surface area contributed by atoms with Gasteiger partial charge in [-0.3, -0.25) is 9.10 Å². The molecule has 0 aromatic heterocycles. The third-order valence-electron chi connectivity index (χ3n) is 3.84. The molecular formula is C18H21BrN2O4S. The SMILES string of the molecule is COc1ccc(N(C(C)C(=O)Nc2ccc(Br)c(C)c2)S(C)(=O)=O)cc1. The van der Waals surface area contributed by atoms with Crippen molar-refractivity contribution in [2.75, 3.05) is 23.0 Å². The number of carbonyl (C=O) groups is 1. The van der Waals surface area contributed by atoms with Crippen LogP contribution in [0.4, 0.5) is 11.4 Å². The molecule has 1 N–H and O–H groups in total. The molecule has 0 radical (unpaired) electrons. The van der Waals surface area contributed by atoms with Crippen LogP contribution in [0, 0.1) is 6.92 Å². The van der Waals surface area contributed by atoms with Gasteiger partial charge in [-0.05, 0) is 61.9 Å². The number of aryl methyl sites for hydroxylation is 1. The van der Waals surface area contributed by atoms with Gasteiger partial charge in [0.1, 0.15) is 11.8 Å². The van der Waals surface area contributed by atoms with E-state index in [1.54, 1.807) is 37.3 Å². The van der Waals surface area contributed by atoms with Crippen LogP contribution in [0.15, 0.2) is 46.9 Å². The average Bonchev–Trinajstić information content (AvgIpc) is 2.57. The van der Waals surface area contributed by atoms with Crippen molar-refractivity contribution in [1.29, 1.82) is 0 Å². The van der Waals surface area contributed by atoms with E-state index in [4.69, 9.17) is 4.74 Å². The highest BCUT2D eigenvalue weighted by molar-refractivity contribution is 9.10. The van der Waals surface area contributed by atoms with Gasteiger partial charge in [0.15, 0.2) is 0 Å². The largest absolute Gasteiger partial charge is 0.497 e. The van der Waals surface area contributed by atoms with Crippen LogP contribution < -0.4 is 14.4 Å². The molecule has 0 bridgehead atoms. The molecule has 1 atom stereocenters. The van der Waals surface area contributed by atoms with Crippen molar-refractivity contribution in [3.63, 3.8) is 0 Å². The quantitative estimate of drug-likeness (QED) is 0.744. The normalized spacial score (nSPS) is 12.3. The average molecular weight is 441 g/mol. The van der Waals surface area contributed by atoms with Crippen LogP contribution >= 0.6 is 15.9 Å². The third-order valence-corrected chi connectivity index (χ3v) is 5.97. The first-order chi connectivity index (χ1) is 12.1. The van der Waals surface area contributed by atoms with Crippen LogP contribution in [-0.2, 0) is 14.8 Å². The monoisotopic (exact) mass is 440 g/mol. The zero-order valence-electron chi connectivity index (χ0n) is 15.0. The van der Waals surface area contributed by atoms with Gasteiger partial charge in [-0.1, -0.05) is 15.9 Å². The fraction of sp³-hybridized carbons (Fsp3) is 0.278. The number of nitrogens with one attached hydrogen (secondary N) is 1. The Labute approximate surface area is 162 Å². The fourth-order valence-corrected chi connectivity index (χ4v) is 3.93. The Morgan fingerprint density at radius 3 is 2.31 bits per heavy atom. The first-order valence-electron chi connectivity index (χ1n) is 7.84. The first-order valence-corrected chi connectivity index (χ1v) is 10.5. The van der Waals surface area contributed by atoms with Crippen molar-refractivity contribution in [1.82, 2.24) is 0 Å². The van der Waals surface area contributed by atoms with Crippen LogP contribution in [0.3, 0.4) is 0 Å². The molecule has 8 heteroatoms. The molecule has 0 aliphatic carbocycles. The standard InChI is InChI=1S/C18H21BrN2O4S/c1-12-11-14(5-10-17(12)19)20-18(22)13(2)21(26(4,23)24)15-6-8-16(25-3)9-7-15/h5-11,13H,1-4H3,(H,20,22). The number of hydrogen-bond donors (Lipinski definition) is 1. The van der Waals surface area contributed by atoms with Crippen LogP contribution in [0.25, 0.3) is 0 Å². The summed E-state index contributed by atoms with van der Waals surface area (Å²) in [5.74, 6) is 0.178. The number of amides is 1. The molecule has 1 unspecified atom stereocenters. The maximum Gasteiger partial charge on any atom is 0.247 e. The van der Waals surface area contributed by atoms with E-state index in [2.05, 4.69) is 21.2 Å². The van der Waals surface area contributed by atoms with Crippen LogP contribution in [-0.4, -0.2) is 33.7 Å². The van der Waals surface area contributed by atoms with Crippen molar-refractivity contribution in [3.05, 3.63) is 52.5 Å². The molecule has 0 aliphatic rings. The number of anilines is 2. The molecule has 2 aromatic carbocycles. The summed E-state index contributed by atoms with van der Waals surface area (Å²) in [7, 11) is -2.14. The number of benzene rings is 2. The summed E-state index contributed by atoms with van der Waals surface area (Å²) >= 11 is 3.41. The summed E-state index contributed by atoms with van der Waals surface area (Å²) in [4.78, 5) is 12.6. The van der Waals surface area contributed by atoms with Gasteiger partial charge in [-0.15, -0.1) is 0 Å². The summed E-state index contributed by atoms with van der Waals surface area (Å²) in [6.45, 7) is 3.45. The summed E-state index contributed by atoms with van der Waals surface area (Å²) in [5.41, 5.74) is 1.96. The Balaban J connectivity index is 2.29. The molecule has 140 valence electrons. The minimum atomic E-state index is -3.66. The molecular weight excluding hydrogens is 420 g/mol. The Hall–Kier alpha value is -2.06. The van der Waals surface area contributed by atoms with Crippen molar-refractivity contribution in [2.24, 2.45) is 0 Å². The van der Waals surface area contributed by atoms with E-state index in [1.807, 2.05) is 19.1 Å². The molecule has 26 heavy (non-hydrogen) atoms. The minimum Gasteiger partial charge on any atom is -0.497 e. The van der Waals surface area contributed by atoms with Crippen LogP contribution in [0.2, 0.25) is 0 Å². The second-order valence-electron chi connectivity index (χ2n) is 5.89. The van der Waals surface area contributed by atoms with E-state index in [9.17, 15) is 13.2 Å². The van der Waals surface area contributed by atoms with Gasteiger partial charge in [-0.2, -0.15) is 0 Å². The molecule has 1 amide bonds. The van der Waals surface area contributed by atoms with Gasteiger partial charge in [0.25, 0.3) is 0 Å². The molecule has 0 heterocycles. The lowest BCUT2D eigenvalue weighted by Gasteiger charge is -2.28. The maximum atomic E-state index is 12.6. The predicted molar refractivity (Wildman–Crippen MR) is 107 cm³/mol. The smallest absolute Gasteiger partial charge is 0.247 e. The van der Waals surface area contributed by atoms with E-state index >= 15 is 0 Å². The van der Waals surface area contributed by atoms with Crippen molar-refractivity contribution < 1.29 is 17.9 Å². The Morgan fingerprint density at radius 2 is 1.81 bits per heavy atom. The van der Waals surface area contributed by atoms with E-state index in [1.165, 1.54) is 7.11 Å². The Kier molecular flexibility index (Phi) is 6.30. The number of nitrogens with zero attached hydrogens (tertiary/aromatic N) is 1. The molecule has 0 aliphatic heterocycles. The molecule has 0 saturated carbocycles. The molecule has 0 spiro atoms. The summed E-state index contributed by atoms with van der Waals surface area (Å²) < 4.78 is 31.7. The molecule has 2 aromatic rings. The van der Waals surface area contributed by atoms with E-state index in [0.717, 1.165) is 20.6 Å². The molecule has 0 fully saturated rings. The molecule has 6 nitrogen and oxygen atoms in total. The Morgan fingerprint density at radius 1 is 1.19 bits per heavy atom. The van der Waals surface area contributed by atoms with E-state index in [0.29, 0.717) is 17.1 Å². The second-order valence-corrected chi connectivity index (χ2v) is 8.60. The minimum absolute atomic E-state index is 0.392. The maximum absolute atomic E-state index is 12.6. The highest BCUT2D eigenvalue weighted by Gasteiger charge is 2.29. The van der Waals surface area contributed by atoms with Gasteiger partial charge >= 0.3 is 0 Å². The summed E-state index contributed by atoms with van der Waals surface area (Å²) in [6.07, 6.45) is 1.07. The summed E-state index contributed by atoms with van der Waals surface area (Å²) in [6, 6.07) is 11.0. The predicted octanol–water partition coefficient (Wildman–Crippen LogP) is 3.56. The van der Waals surface area contributed by atoms with E-state index < -0.39 is 22.0 Å². The highest BCUT2D eigenvalue weighted by atomic mass is 79.9. The van der Waals surface area contributed by atoms with Gasteiger partial charge in [0.05, 0.1) is 19.1 Å². The lowest BCUT2D eigenvalue weighted by Crippen LogP contribution is -2.45. The third kappa shape index (κ3) is 4.76. The van der Waals surface area contributed by atoms with Gasteiger partial charge in [0, 0.05) is 10.2 Å². The van der Waals surface area contributed by atoms with Crippen molar-refractivity contribution in [3.8, 4) is 5.75 Å². The van der Waals surface area contributed by atoms with Crippen LogP contribution in [0.1, 0.15) is 12.5 Å². The van der Waals surface area contributed by atoms with Crippen LogP contribution in [0.5, 0.6) is 5.75 Å². The zero-order chi connectivity index (χ0) is 19.5. The number of carbonyl (C=O) groups excluding carboxylic acids is 1. The van der Waals surface area contributed by atoms with Gasteiger partial charge in [0.2, 0.25) is 15.9 Å². The second kappa shape index (κ2) is 8.09. The number of ether oxygens (including phenoxy) is 1. The fourth-order valence-electron chi connectivity index (χ4n) is 2.51. The number of sulfonamides is 1. The number of methoxy groups -OCH3 is 1. The number of halogens is 1. The van der Waals surface area contributed by atoms with Crippen molar-refractivity contribution >= 4 is 43.2 Å². The number of rotatable bonds is 6. The van der Waals surface area contributed by atoms with Gasteiger partial charge in [-0.25, -0.2) is 8.42 Å². The lowest BCUT2D eigenvalue weighted by atomic mass is 10.2. The molecule has 2 rings (SSSR count). The molecule has 0 saturated heterocycles. The van der Waals surface area contributed by atoms with Crippen molar-refractivity contribution in [2.45, 2.75) is 19.9 Å². The lowest BCUT2D eigenvalue weighted by molar-refractivity contribution is -0.116. The number of hydrogen-bond acceptors (Lipinski definition) is 4. The zero-order valence-corrected chi connectivity index (χ0v) is 17.4. The summed E-state index contributed by atoms with van der Waals surface area (Å²) in [5, 5.41) is 2.76. The highest BCUT2D eigenvalue weighted by Crippen LogP contribution is 2.25. The topological polar surface area (TPSA) is 75.7 Å².